The molecule has 1 aliphatic carbocycles. The van der Waals surface area contributed by atoms with Gasteiger partial charge in [0.25, 0.3) is 5.91 Å². The third-order valence-corrected chi connectivity index (χ3v) is 5.28. The molecule has 2 aromatic rings. The van der Waals surface area contributed by atoms with E-state index in [0.717, 1.165) is 30.3 Å². The lowest BCUT2D eigenvalue weighted by Gasteiger charge is -2.46. The summed E-state index contributed by atoms with van der Waals surface area (Å²) in [7, 11) is 0. The van der Waals surface area contributed by atoms with E-state index in [-0.39, 0.29) is 29.7 Å². The van der Waals surface area contributed by atoms with Crippen LogP contribution < -0.4 is 5.32 Å². The Balaban J connectivity index is 1.84. The first-order valence-corrected chi connectivity index (χ1v) is 8.09. The van der Waals surface area contributed by atoms with Crippen LogP contribution in [0.4, 0.5) is 4.39 Å². The van der Waals surface area contributed by atoms with Crippen molar-refractivity contribution in [2.75, 3.05) is 6.61 Å². The van der Waals surface area contributed by atoms with E-state index in [2.05, 4.69) is 10.3 Å². The lowest BCUT2D eigenvalue weighted by atomic mass is 9.64. The number of aromatic nitrogens is 1. The number of hydrogen-bond donors (Lipinski definition) is 2. The smallest absolute Gasteiger partial charge is 0.270 e. The van der Waals surface area contributed by atoms with Gasteiger partial charge in [0.05, 0.1) is 18.8 Å². The van der Waals surface area contributed by atoms with Crippen molar-refractivity contribution in [3.63, 3.8) is 0 Å². The molecule has 2 N–H and O–H groups in total. The largest absolute Gasteiger partial charge is 0.396 e. The van der Waals surface area contributed by atoms with Crippen LogP contribution in [0.5, 0.6) is 0 Å². The van der Waals surface area contributed by atoms with Crippen LogP contribution in [0, 0.1) is 11.2 Å². The molecular formula is C16H17FN2O2S. The molecule has 2 aromatic heterocycles. The summed E-state index contributed by atoms with van der Waals surface area (Å²) in [5, 5.41) is 14.7. The van der Waals surface area contributed by atoms with Crippen LogP contribution in [-0.4, -0.2) is 22.6 Å². The van der Waals surface area contributed by atoms with Gasteiger partial charge in [0.15, 0.2) is 0 Å². The lowest BCUT2D eigenvalue weighted by Crippen LogP contribution is -2.47. The summed E-state index contributed by atoms with van der Waals surface area (Å²) in [4.78, 5) is 17.2. The van der Waals surface area contributed by atoms with Crippen LogP contribution in [0.25, 0.3) is 0 Å². The van der Waals surface area contributed by atoms with Crippen LogP contribution in [-0.2, 0) is 0 Å². The third kappa shape index (κ3) is 2.76. The highest BCUT2D eigenvalue weighted by Gasteiger charge is 2.45. The molecule has 0 aromatic carbocycles. The number of amides is 1. The first-order valence-electron chi connectivity index (χ1n) is 7.21. The predicted molar refractivity (Wildman–Crippen MR) is 82.1 cm³/mol. The zero-order valence-corrected chi connectivity index (χ0v) is 12.8. The van der Waals surface area contributed by atoms with Gasteiger partial charge in [-0.2, -0.15) is 0 Å². The third-order valence-electron chi connectivity index (χ3n) is 4.34. The van der Waals surface area contributed by atoms with Crippen LogP contribution in [0.3, 0.4) is 0 Å². The molecule has 1 aliphatic rings. The Morgan fingerprint density at radius 3 is 2.77 bits per heavy atom. The normalized spacial score (nSPS) is 17.5. The molecule has 1 atom stereocenters. The van der Waals surface area contributed by atoms with Crippen molar-refractivity contribution >= 4 is 17.2 Å². The van der Waals surface area contributed by atoms with Crippen LogP contribution in [0.2, 0.25) is 0 Å². The van der Waals surface area contributed by atoms with E-state index in [1.807, 2.05) is 17.5 Å². The van der Waals surface area contributed by atoms with Gasteiger partial charge >= 0.3 is 0 Å². The van der Waals surface area contributed by atoms with Gasteiger partial charge in [0.2, 0.25) is 0 Å². The number of carbonyl (C=O) groups is 1. The van der Waals surface area contributed by atoms with Gasteiger partial charge in [-0.05, 0) is 36.4 Å². The minimum Gasteiger partial charge on any atom is -0.396 e. The van der Waals surface area contributed by atoms with Crippen molar-refractivity contribution < 1.29 is 14.3 Å². The van der Waals surface area contributed by atoms with Crippen molar-refractivity contribution in [2.45, 2.75) is 25.3 Å². The Labute approximate surface area is 132 Å². The first kappa shape index (κ1) is 15.1. The van der Waals surface area contributed by atoms with Crippen LogP contribution >= 0.6 is 11.3 Å². The summed E-state index contributed by atoms with van der Waals surface area (Å²) in [6, 6.07) is 6.23. The number of thiophene rings is 1. The van der Waals surface area contributed by atoms with Gasteiger partial charge in [-0.1, -0.05) is 12.5 Å². The minimum absolute atomic E-state index is 0.0344. The number of hydrogen-bond acceptors (Lipinski definition) is 4. The van der Waals surface area contributed by atoms with E-state index in [1.54, 1.807) is 11.3 Å². The molecule has 2 heterocycles. The molecule has 6 heteroatoms. The van der Waals surface area contributed by atoms with Crippen molar-refractivity contribution in [3.05, 3.63) is 52.2 Å². The fourth-order valence-electron chi connectivity index (χ4n) is 2.87. The molecule has 0 radical (unpaired) electrons. The maximum Gasteiger partial charge on any atom is 0.270 e. The molecule has 1 saturated carbocycles. The lowest BCUT2D eigenvalue weighted by molar-refractivity contribution is 0.00703. The molecule has 22 heavy (non-hydrogen) atoms. The number of aliphatic hydroxyl groups excluding tert-OH is 1. The van der Waals surface area contributed by atoms with E-state index in [0.29, 0.717) is 0 Å². The number of rotatable bonds is 5. The van der Waals surface area contributed by atoms with Gasteiger partial charge < -0.3 is 10.4 Å². The molecule has 3 rings (SSSR count). The Hall–Kier alpha value is -1.79. The van der Waals surface area contributed by atoms with Gasteiger partial charge in [-0.3, -0.25) is 4.79 Å². The number of halogens is 1. The van der Waals surface area contributed by atoms with Gasteiger partial charge in [0, 0.05) is 10.3 Å². The SMILES string of the molecule is O=C(NC(c1cccs1)C1(CO)CCC1)c1ccc(F)cn1. The van der Waals surface area contributed by atoms with Crippen molar-refractivity contribution in [3.8, 4) is 0 Å². The van der Waals surface area contributed by atoms with Crippen molar-refractivity contribution in [1.82, 2.24) is 10.3 Å². The zero-order chi connectivity index (χ0) is 15.6. The predicted octanol–water partition coefficient (Wildman–Crippen LogP) is 2.92. The highest BCUT2D eigenvalue weighted by Crippen LogP contribution is 2.50. The maximum absolute atomic E-state index is 12.9. The molecule has 1 amide bonds. The fraction of sp³-hybridized carbons (Fsp3) is 0.375. The van der Waals surface area contributed by atoms with E-state index in [9.17, 15) is 14.3 Å². The number of nitrogens with one attached hydrogen (secondary N) is 1. The van der Waals surface area contributed by atoms with E-state index in [1.165, 1.54) is 12.1 Å². The van der Waals surface area contributed by atoms with Crippen LogP contribution in [0.1, 0.15) is 40.7 Å². The summed E-state index contributed by atoms with van der Waals surface area (Å²) in [5.41, 5.74) is -0.129. The van der Waals surface area contributed by atoms with Crippen molar-refractivity contribution in [2.24, 2.45) is 5.41 Å². The Bertz CT molecular complexity index is 633. The molecule has 0 bridgehead atoms. The summed E-state index contributed by atoms with van der Waals surface area (Å²) >= 11 is 1.56. The molecule has 4 nitrogen and oxygen atoms in total. The Morgan fingerprint density at radius 1 is 1.45 bits per heavy atom. The number of aliphatic hydroxyl groups is 1. The quantitative estimate of drug-likeness (QED) is 0.890. The second-order valence-electron chi connectivity index (χ2n) is 5.66. The Morgan fingerprint density at radius 2 is 2.27 bits per heavy atom. The average Bonchev–Trinajstić information content (AvgIpc) is 3.00. The molecule has 1 fully saturated rings. The highest BCUT2D eigenvalue weighted by atomic mass is 32.1. The first-order chi connectivity index (χ1) is 10.6. The van der Waals surface area contributed by atoms with E-state index >= 15 is 0 Å². The molecule has 116 valence electrons. The van der Waals surface area contributed by atoms with Crippen LogP contribution in [0.15, 0.2) is 35.8 Å². The molecule has 1 unspecified atom stereocenters. The monoisotopic (exact) mass is 320 g/mol. The van der Waals surface area contributed by atoms with E-state index in [4.69, 9.17) is 0 Å². The zero-order valence-electron chi connectivity index (χ0n) is 12.0. The molecule has 0 spiro atoms. The summed E-state index contributed by atoms with van der Waals surface area (Å²) in [6.45, 7) is 0.0344. The molecule has 0 saturated heterocycles. The summed E-state index contributed by atoms with van der Waals surface area (Å²) < 4.78 is 12.9. The fourth-order valence-corrected chi connectivity index (χ4v) is 3.78. The topological polar surface area (TPSA) is 62.2 Å². The highest BCUT2D eigenvalue weighted by molar-refractivity contribution is 7.10. The second-order valence-corrected chi connectivity index (χ2v) is 6.64. The van der Waals surface area contributed by atoms with Crippen molar-refractivity contribution in [1.29, 1.82) is 0 Å². The Kier molecular flexibility index (Phi) is 4.22. The standard InChI is InChI=1S/C16H17FN2O2S/c17-11-4-5-12(18-9-11)15(21)19-14(13-3-1-8-22-13)16(10-20)6-2-7-16/h1,3-5,8-9,14,20H,2,6-7,10H2,(H,19,21). The summed E-state index contributed by atoms with van der Waals surface area (Å²) in [5.74, 6) is -0.824. The molecular weight excluding hydrogens is 303 g/mol. The average molecular weight is 320 g/mol. The number of pyridine rings is 1. The summed E-state index contributed by atoms with van der Waals surface area (Å²) in [6.07, 6.45) is 3.83. The number of nitrogens with zero attached hydrogens (tertiary/aromatic N) is 1. The van der Waals surface area contributed by atoms with Gasteiger partial charge in [-0.25, -0.2) is 9.37 Å². The number of carbonyl (C=O) groups excluding carboxylic acids is 1. The van der Waals surface area contributed by atoms with Gasteiger partial charge in [0.1, 0.15) is 11.5 Å². The second kappa shape index (κ2) is 6.14. The van der Waals surface area contributed by atoms with Gasteiger partial charge in [-0.15, -0.1) is 11.3 Å². The minimum atomic E-state index is -0.475. The molecule has 0 aliphatic heterocycles. The maximum atomic E-state index is 12.9. The van der Waals surface area contributed by atoms with E-state index < -0.39 is 5.82 Å².